The van der Waals surface area contributed by atoms with E-state index in [1.54, 1.807) is 0 Å². The number of hydrogen-bond acceptors (Lipinski definition) is 7. The fourth-order valence-electron chi connectivity index (χ4n) is 2.57. The van der Waals surface area contributed by atoms with Gasteiger partial charge in [-0.3, -0.25) is 4.99 Å². The van der Waals surface area contributed by atoms with Crippen LogP contribution >= 0.6 is 0 Å². The number of carbonyl (C=O) groups is 1. The summed E-state index contributed by atoms with van der Waals surface area (Å²) in [4.78, 5) is 15.6. The summed E-state index contributed by atoms with van der Waals surface area (Å²) in [5, 5.41) is 50.7. The van der Waals surface area contributed by atoms with E-state index in [0.717, 1.165) is 0 Å². The number of phenols is 2. The molecule has 1 aliphatic rings. The number of nitrogens with one attached hydrogen (secondary N) is 1. The molecule has 1 unspecified atom stereocenters. The van der Waals surface area contributed by atoms with Crippen molar-refractivity contribution >= 4 is 23.6 Å². The van der Waals surface area contributed by atoms with Crippen LogP contribution in [0.2, 0.25) is 0 Å². The number of anilines is 1. The number of aromatic hydroxyl groups is 2. The Balaban J connectivity index is 1.92. The molecule has 29 heavy (non-hydrogen) atoms. The van der Waals surface area contributed by atoms with Crippen molar-refractivity contribution in [2.75, 3.05) is 5.32 Å². The predicted molar refractivity (Wildman–Crippen MR) is 108 cm³/mol. The molecule has 0 spiro atoms. The second-order valence-corrected chi connectivity index (χ2v) is 6.20. The van der Waals surface area contributed by atoms with Crippen LogP contribution in [0.25, 0.3) is 0 Å². The number of carboxylic acid groups (broad SMARTS) is 1. The summed E-state index contributed by atoms with van der Waals surface area (Å²) >= 11 is 0. The minimum Gasteiger partial charge on any atom is -0.508 e. The number of carboxylic acids is 1. The molecule has 0 saturated carbocycles. The maximum atomic E-state index is 11.3. The molecule has 2 aromatic rings. The van der Waals surface area contributed by atoms with Crippen LogP contribution in [-0.4, -0.2) is 43.8 Å². The number of aliphatic hydroxyl groups is 2. The molecule has 0 aromatic heterocycles. The molecule has 8 heteroatoms. The van der Waals surface area contributed by atoms with Crippen molar-refractivity contribution in [3.8, 4) is 11.5 Å². The lowest BCUT2D eigenvalue weighted by Gasteiger charge is -2.14. The number of nitrogens with zero attached hydrogens (tertiary/aromatic N) is 1. The Morgan fingerprint density at radius 3 is 2.55 bits per heavy atom. The summed E-state index contributed by atoms with van der Waals surface area (Å²) < 4.78 is 0. The second kappa shape index (κ2) is 8.32. The van der Waals surface area contributed by atoms with Gasteiger partial charge in [0.1, 0.15) is 23.4 Å². The molecule has 0 saturated heterocycles. The van der Waals surface area contributed by atoms with Gasteiger partial charge in [-0.25, -0.2) is 4.79 Å². The first-order chi connectivity index (χ1) is 13.8. The zero-order valence-corrected chi connectivity index (χ0v) is 15.0. The molecular formula is C21H18N2O6. The maximum absolute atomic E-state index is 11.3. The zero-order chi connectivity index (χ0) is 21.0. The first-order valence-electron chi connectivity index (χ1n) is 8.50. The Labute approximate surface area is 165 Å². The number of benzene rings is 2. The van der Waals surface area contributed by atoms with Crippen molar-refractivity contribution in [2.24, 2.45) is 4.99 Å². The highest BCUT2D eigenvalue weighted by Gasteiger charge is 2.12. The summed E-state index contributed by atoms with van der Waals surface area (Å²) in [5.41, 5.74) is 1.59. The third-order valence-electron chi connectivity index (χ3n) is 4.11. The lowest BCUT2D eigenvalue weighted by Crippen LogP contribution is -2.11. The van der Waals surface area contributed by atoms with Crippen molar-refractivity contribution in [1.29, 1.82) is 0 Å². The lowest BCUT2D eigenvalue weighted by molar-refractivity contribution is 0.0697. The smallest absolute Gasteiger partial charge is 0.335 e. The first-order valence-corrected chi connectivity index (χ1v) is 8.50. The van der Waals surface area contributed by atoms with E-state index in [9.17, 15) is 30.3 Å². The molecule has 0 radical (unpaired) electrons. The first kappa shape index (κ1) is 19.7. The highest BCUT2D eigenvalue weighted by molar-refractivity contribution is 5.92. The molecule has 148 valence electrons. The van der Waals surface area contributed by atoms with Crippen molar-refractivity contribution < 1.29 is 30.3 Å². The summed E-state index contributed by atoms with van der Waals surface area (Å²) in [6.45, 7) is 0. The summed E-state index contributed by atoms with van der Waals surface area (Å²) in [6, 6.07) is 8.33. The maximum Gasteiger partial charge on any atom is 0.335 e. The predicted octanol–water partition coefficient (Wildman–Crippen LogP) is 3.22. The van der Waals surface area contributed by atoms with Crippen molar-refractivity contribution in [2.45, 2.75) is 6.10 Å². The highest BCUT2D eigenvalue weighted by Crippen LogP contribution is 2.28. The van der Waals surface area contributed by atoms with E-state index in [1.807, 2.05) is 0 Å². The van der Waals surface area contributed by atoms with Crippen LogP contribution in [0, 0.1) is 0 Å². The summed E-state index contributed by atoms with van der Waals surface area (Å²) in [5.74, 6) is -1.41. The minimum absolute atomic E-state index is 0.0367. The van der Waals surface area contributed by atoms with E-state index in [-0.39, 0.29) is 22.8 Å². The van der Waals surface area contributed by atoms with Gasteiger partial charge in [0.25, 0.3) is 0 Å². The molecule has 0 aliphatic heterocycles. The van der Waals surface area contributed by atoms with Gasteiger partial charge in [0.15, 0.2) is 0 Å². The molecule has 0 heterocycles. The normalized spacial score (nSPS) is 17.5. The number of aromatic carboxylic acids is 1. The largest absolute Gasteiger partial charge is 0.508 e. The van der Waals surface area contributed by atoms with Crippen LogP contribution in [0.4, 0.5) is 11.4 Å². The Bertz CT molecular complexity index is 1070. The van der Waals surface area contributed by atoms with E-state index in [2.05, 4.69) is 10.3 Å². The van der Waals surface area contributed by atoms with Crippen LogP contribution < -0.4 is 5.32 Å². The fourth-order valence-corrected chi connectivity index (χ4v) is 2.57. The van der Waals surface area contributed by atoms with E-state index in [4.69, 9.17) is 0 Å². The number of rotatable bonds is 5. The number of aliphatic hydroxyl groups excluding tert-OH is 2. The molecule has 1 atom stereocenters. The Hall–Kier alpha value is -4.04. The monoisotopic (exact) mass is 394 g/mol. The van der Waals surface area contributed by atoms with Gasteiger partial charge in [0.2, 0.25) is 0 Å². The lowest BCUT2D eigenvalue weighted by atomic mass is 10.0. The topological polar surface area (TPSA) is 143 Å². The molecular weight excluding hydrogens is 376 g/mol. The van der Waals surface area contributed by atoms with Gasteiger partial charge < -0.3 is 30.8 Å². The van der Waals surface area contributed by atoms with E-state index in [0.29, 0.717) is 22.5 Å². The third kappa shape index (κ3) is 4.82. The molecule has 0 bridgehead atoms. The SMILES string of the molecule is O=C(O)c1ccc(N=Cc2ccc(O)cc2O)c(N/C=C2/C=CC(O)=CC2O)c1. The van der Waals surface area contributed by atoms with Gasteiger partial charge in [-0.1, -0.05) is 6.08 Å². The average molecular weight is 394 g/mol. The van der Waals surface area contributed by atoms with Crippen LogP contribution in [0.3, 0.4) is 0 Å². The number of hydrogen-bond donors (Lipinski definition) is 6. The molecule has 1 aliphatic carbocycles. The molecule has 3 rings (SSSR count). The van der Waals surface area contributed by atoms with Gasteiger partial charge in [-0.2, -0.15) is 0 Å². The molecule has 0 amide bonds. The average Bonchev–Trinajstić information content (AvgIpc) is 2.67. The summed E-state index contributed by atoms with van der Waals surface area (Å²) in [6.07, 6.45) is 6.03. The third-order valence-corrected chi connectivity index (χ3v) is 4.11. The van der Waals surface area contributed by atoms with E-state index >= 15 is 0 Å². The minimum atomic E-state index is -1.11. The standard InChI is InChI=1S/C21H18N2O6/c24-15-4-1-13(19(26)8-15)10-22-17-6-3-12(21(28)29)7-18(17)23-11-14-2-5-16(25)9-20(14)27/h1-11,20,23-27H,(H,28,29)/b14-11-,22-10?. The van der Waals surface area contributed by atoms with Crippen molar-refractivity contribution in [3.05, 3.63) is 83.3 Å². The van der Waals surface area contributed by atoms with Gasteiger partial charge in [-0.15, -0.1) is 0 Å². The number of allylic oxidation sites excluding steroid dienone is 1. The van der Waals surface area contributed by atoms with Crippen molar-refractivity contribution in [1.82, 2.24) is 0 Å². The van der Waals surface area contributed by atoms with Gasteiger partial charge in [0, 0.05) is 29.6 Å². The Morgan fingerprint density at radius 1 is 1.07 bits per heavy atom. The highest BCUT2D eigenvalue weighted by atomic mass is 16.4. The van der Waals surface area contributed by atoms with E-state index in [1.165, 1.54) is 67.0 Å². The van der Waals surface area contributed by atoms with Crippen LogP contribution in [0.1, 0.15) is 15.9 Å². The van der Waals surface area contributed by atoms with Gasteiger partial charge >= 0.3 is 5.97 Å². The molecule has 0 fully saturated rings. The fraction of sp³-hybridized carbons (Fsp3) is 0.0476. The number of phenolic OH excluding ortho intramolecular Hbond substituents is 2. The Morgan fingerprint density at radius 2 is 1.86 bits per heavy atom. The van der Waals surface area contributed by atoms with Crippen LogP contribution in [0.15, 0.2) is 77.2 Å². The second-order valence-electron chi connectivity index (χ2n) is 6.20. The molecule has 2 aromatic carbocycles. The molecule has 6 N–H and O–H groups in total. The van der Waals surface area contributed by atoms with Gasteiger partial charge in [-0.05, 0) is 42.5 Å². The quantitative estimate of drug-likeness (QED) is 0.427. The zero-order valence-electron chi connectivity index (χ0n) is 15.0. The van der Waals surface area contributed by atoms with E-state index < -0.39 is 12.1 Å². The molecule has 8 nitrogen and oxygen atoms in total. The Kier molecular flexibility index (Phi) is 5.66. The van der Waals surface area contributed by atoms with Crippen LogP contribution in [0.5, 0.6) is 11.5 Å². The summed E-state index contributed by atoms with van der Waals surface area (Å²) in [7, 11) is 0. The van der Waals surface area contributed by atoms with Crippen molar-refractivity contribution in [3.63, 3.8) is 0 Å². The number of aliphatic imine (C=N–C) groups is 1. The van der Waals surface area contributed by atoms with Crippen LogP contribution in [-0.2, 0) is 0 Å². The van der Waals surface area contributed by atoms with Gasteiger partial charge in [0.05, 0.1) is 16.9 Å².